The predicted octanol–water partition coefficient (Wildman–Crippen LogP) is 4.34. The van der Waals surface area contributed by atoms with Gasteiger partial charge in [-0.1, -0.05) is 43.6 Å². The molecule has 1 aromatic carbocycles. The first-order valence-electron chi connectivity index (χ1n) is 12.4. The van der Waals surface area contributed by atoms with Crippen molar-refractivity contribution in [2.75, 3.05) is 50.7 Å². The van der Waals surface area contributed by atoms with Crippen LogP contribution in [-0.2, 0) is 9.53 Å². The molecule has 1 amide bonds. The fourth-order valence-corrected chi connectivity index (χ4v) is 5.63. The number of aromatic nitrogens is 3. The van der Waals surface area contributed by atoms with Gasteiger partial charge in [0, 0.05) is 36.3 Å². The number of rotatable bonds is 8. The van der Waals surface area contributed by atoms with Crippen LogP contribution >= 0.6 is 23.2 Å². The molecular weight excluding hydrogens is 543 g/mol. The van der Waals surface area contributed by atoms with E-state index in [9.17, 15) is 4.79 Å². The zero-order valence-electron chi connectivity index (χ0n) is 22.2. The number of hydrogen-bond acceptors (Lipinski definition) is 9. The Hall–Kier alpha value is -3.34. The number of anilines is 2. The average Bonchev–Trinajstić information content (AvgIpc) is 3.33. The molecule has 2 aliphatic heterocycles. The van der Waals surface area contributed by atoms with Crippen molar-refractivity contribution >= 4 is 51.8 Å². The Morgan fingerprint density at radius 3 is 2.41 bits per heavy atom. The zero-order chi connectivity index (χ0) is 27.9. The van der Waals surface area contributed by atoms with E-state index in [1.807, 2.05) is 6.07 Å². The number of ether oxygens (including phenoxy) is 3. The van der Waals surface area contributed by atoms with Crippen molar-refractivity contribution in [1.29, 1.82) is 0 Å². The number of benzene rings is 1. The summed E-state index contributed by atoms with van der Waals surface area (Å²) in [6, 6.07) is 3.06. The lowest BCUT2D eigenvalue weighted by Gasteiger charge is -2.46. The molecule has 2 aliphatic rings. The molecule has 0 radical (unpaired) electrons. The quantitative estimate of drug-likeness (QED) is 0.380. The molecule has 0 spiro atoms. The summed E-state index contributed by atoms with van der Waals surface area (Å²) in [5, 5.41) is 7.62. The van der Waals surface area contributed by atoms with Crippen molar-refractivity contribution in [1.82, 2.24) is 20.3 Å². The summed E-state index contributed by atoms with van der Waals surface area (Å²) in [7, 11) is 3.07. The van der Waals surface area contributed by atoms with Crippen LogP contribution in [0.4, 0.5) is 11.8 Å². The summed E-state index contributed by atoms with van der Waals surface area (Å²) in [4.78, 5) is 28.4. The van der Waals surface area contributed by atoms with Crippen molar-refractivity contribution in [2.45, 2.75) is 25.9 Å². The Kier molecular flexibility index (Phi) is 7.45. The molecule has 3 aromatic rings. The third-order valence-electron chi connectivity index (χ3n) is 6.82. The molecular formula is C27H30Cl2N6O4. The lowest BCUT2D eigenvalue weighted by atomic mass is 9.84. The van der Waals surface area contributed by atoms with Gasteiger partial charge in [-0.15, -0.1) is 0 Å². The highest BCUT2D eigenvalue weighted by molar-refractivity contribution is 6.41. The highest BCUT2D eigenvalue weighted by Crippen LogP contribution is 2.47. The Morgan fingerprint density at radius 2 is 1.79 bits per heavy atom. The number of pyridine rings is 1. The van der Waals surface area contributed by atoms with Crippen molar-refractivity contribution in [2.24, 2.45) is 5.41 Å². The molecule has 2 aromatic heterocycles. The van der Waals surface area contributed by atoms with Crippen LogP contribution in [-0.4, -0.2) is 73.5 Å². The summed E-state index contributed by atoms with van der Waals surface area (Å²) in [5.41, 5.74) is 1.88. The van der Waals surface area contributed by atoms with Gasteiger partial charge < -0.3 is 29.7 Å². The Bertz CT molecular complexity index is 1410. The number of nitrogens with zero attached hydrogens (tertiary/aromatic N) is 4. The number of carbonyl (C=O) groups excluding carboxylic acids is 1. The highest BCUT2D eigenvalue weighted by Gasteiger charge is 2.37. The van der Waals surface area contributed by atoms with Crippen LogP contribution in [0.2, 0.25) is 10.0 Å². The molecule has 2 saturated heterocycles. The second-order valence-electron chi connectivity index (χ2n) is 10.4. The van der Waals surface area contributed by atoms with Gasteiger partial charge in [0.25, 0.3) is 0 Å². The molecule has 0 bridgehead atoms. The molecule has 12 heteroatoms. The van der Waals surface area contributed by atoms with E-state index < -0.39 is 0 Å². The number of halogens is 2. The van der Waals surface area contributed by atoms with Gasteiger partial charge in [0.15, 0.2) is 5.82 Å². The molecule has 2 fully saturated rings. The van der Waals surface area contributed by atoms with Crippen LogP contribution in [0.5, 0.6) is 11.5 Å². The summed E-state index contributed by atoms with van der Waals surface area (Å²) in [6.45, 7) is 10.3. The minimum absolute atomic E-state index is 0.143. The monoisotopic (exact) mass is 572 g/mol. The van der Waals surface area contributed by atoms with E-state index in [1.54, 1.807) is 12.3 Å². The molecule has 4 heterocycles. The van der Waals surface area contributed by atoms with E-state index >= 15 is 0 Å². The van der Waals surface area contributed by atoms with E-state index in [0.29, 0.717) is 63.3 Å². The lowest BCUT2D eigenvalue weighted by molar-refractivity contribution is -0.117. The maximum absolute atomic E-state index is 11.8. The summed E-state index contributed by atoms with van der Waals surface area (Å²) >= 11 is 13.5. The fourth-order valence-electron chi connectivity index (χ4n) is 4.93. The summed E-state index contributed by atoms with van der Waals surface area (Å²) in [6.07, 6.45) is 2.97. The molecule has 0 unspecified atom stereocenters. The predicted molar refractivity (Wildman–Crippen MR) is 152 cm³/mol. The number of fused-ring (bicyclic) bond motifs is 1. The van der Waals surface area contributed by atoms with Gasteiger partial charge >= 0.3 is 0 Å². The summed E-state index contributed by atoms with van der Waals surface area (Å²) in [5.74, 6) is 1.69. The Balaban J connectivity index is 1.58. The van der Waals surface area contributed by atoms with Gasteiger partial charge in [-0.25, -0.2) is 15.0 Å². The molecule has 5 rings (SSSR count). The minimum Gasteiger partial charge on any atom is -0.495 e. The maximum atomic E-state index is 11.8. The first kappa shape index (κ1) is 27.2. The molecule has 206 valence electrons. The molecule has 2 atom stereocenters. The molecule has 39 heavy (non-hydrogen) atoms. The van der Waals surface area contributed by atoms with E-state index in [-0.39, 0.29) is 23.4 Å². The van der Waals surface area contributed by atoms with Gasteiger partial charge in [0.1, 0.15) is 17.0 Å². The zero-order valence-corrected chi connectivity index (χ0v) is 23.7. The average molecular weight is 573 g/mol. The molecule has 2 N–H and O–H groups in total. The Morgan fingerprint density at radius 1 is 1.13 bits per heavy atom. The SMILES string of the molecule is C=CC(=O)N[C@H]1COC[C@H]1Nc1ncc2cc(-c3c(Cl)c(OC)cc(OC)c3Cl)nc(N3CC(C)(C)C3)c2n1. The van der Waals surface area contributed by atoms with Crippen LogP contribution < -0.4 is 25.0 Å². The molecule has 10 nitrogen and oxygen atoms in total. The topological polar surface area (TPSA) is 111 Å². The van der Waals surface area contributed by atoms with Crippen LogP contribution in [0, 0.1) is 5.41 Å². The third kappa shape index (κ3) is 5.28. The first-order chi connectivity index (χ1) is 18.6. The molecule has 0 aliphatic carbocycles. The fraction of sp³-hybridized carbons (Fsp3) is 0.407. The highest BCUT2D eigenvalue weighted by atomic mass is 35.5. The second kappa shape index (κ2) is 10.7. The van der Waals surface area contributed by atoms with Gasteiger partial charge in [0.05, 0.1) is 55.3 Å². The number of methoxy groups -OCH3 is 2. The number of nitrogens with one attached hydrogen (secondary N) is 2. The van der Waals surface area contributed by atoms with Gasteiger partial charge in [-0.05, 0) is 17.6 Å². The smallest absolute Gasteiger partial charge is 0.243 e. The van der Waals surface area contributed by atoms with Crippen molar-refractivity contribution in [3.63, 3.8) is 0 Å². The van der Waals surface area contributed by atoms with Gasteiger partial charge in [0.2, 0.25) is 11.9 Å². The normalized spacial score (nSPS) is 19.9. The number of carbonyl (C=O) groups is 1. The van der Waals surface area contributed by atoms with E-state index in [4.69, 9.17) is 47.4 Å². The van der Waals surface area contributed by atoms with Gasteiger partial charge in [-0.2, -0.15) is 0 Å². The van der Waals surface area contributed by atoms with Crippen LogP contribution in [0.15, 0.2) is 31.0 Å². The van der Waals surface area contributed by atoms with Crippen LogP contribution in [0.1, 0.15) is 13.8 Å². The van der Waals surface area contributed by atoms with Crippen molar-refractivity contribution in [3.05, 3.63) is 41.0 Å². The largest absolute Gasteiger partial charge is 0.495 e. The third-order valence-corrected chi connectivity index (χ3v) is 7.57. The molecule has 0 saturated carbocycles. The standard InChI is InChI=1S/C27H30Cl2N6O4/c1-6-20(36)31-16-10-39-11-17(16)33-26-30-9-14-7-15(21-22(28)18(37-4)8-19(38-5)23(21)29)32-25(24(14)34-26)35-12-27(2,3)13-35/h6-9,16-17H,1,10-13H2,2-5H3,(H,31,36)(H,30,33,34)/t16-,17+/m0/s1. The van der Waals surface area contributed by atoms with Gasteiger partial charge in [-0.3, -0.25) is 4.79 Å². The van der Waals surface area contributed by atoms with E-state index in [0.717, 1.165) is 18.5 Å². The van der Waals surface area contributed by atoms with Crippen molar-refractivity contribution in [3.8, 4) is 22.8 Å². The van der Waals surface area contributed by atoms with E-state index in [1.165, 1.54) is 20.3 Å². The Labute approximate surface area is 236 Å². The first-order valence-corrected chi connectivity index (χ1v) is 13.2. The maximum Gasteiger partial charge on any atom is 0.243 e. The number of amides is 1. The lowest BCUT2D eigenvalue weighted by Crippen LogP contribution is -2.53. The minimum atomic E-state index is -0.261. The van der Waals surface area contributed by atoms with Crippen molar-refractivity contribution < 1.29 is 19.0 Å². The summed E-state index contributed by atoms with van der Waals surface area (Å²) < 4.78 is 16.5. The number of hydrogen-bond donors (Lipinski definition) is 2. The van der Waals surface area contributed by atoms with Crippen LogP contribution in [0.3, 0.4) is 0 Å². The van der Waals surface area contributed by atoms with E-state index in [2.05, 4.69) is 40.9 Å². The van der Waals surface area contributed by atoms with Crippen LogP contribution in [0.25, 0.3) is 22.2 Å². The second-order valence-corrected chi connectivity index (χ2v) is 11.1.